The molecule has 1 aliphatic rings. The van der Waals surface area contributed by atoms with Crippen LogP contribution in [0.15, 0.2) is 54.9 Å². The zero-order chi connectivity index (χ0) is 23.3. The predicted molar refractivity (Wildman–Crippen MR) is 131 cm³/mol. The van der Waals surface area contributed by atoms with E-state index in [9.17, 15) is 5.11 Å². The van der Waals surface area contributed by atoms with Crippen LogP contribution >= 0.6 is 11.6 Å². The summed E-state index contributed by atoms with van der Waals surface area (Å²) in [6.45, 7) is 7.22. The lowest BCUT2D eigenvalue weighted by atomic mass is 9.94. The number of rotatable bonds is 5. The minimum absolute atomic E-state index is 0.517. The number of hydrogen-bond acceptors (Lipinski definition) is 5. The Labute approximate surface area is 200 Å². The summed E-state index contributed by atoms with van der Waals surface area (Å²) < 4.78 is 5.87. The van der Waals surface area contributed by atoms with Crippen molar-refractivity contribution in [2.24, 2.45) is 0 Å². The first-order chi connectivity index (χ1) is 15.9. The standard InChI is InChI=1S/C27H28ClN3O2/c1-20-3-10-24(25(28)17-20)26-19-29-22(18-30-26)7-4-21-5-8-23(9-6-21)33-16-15-31-13-11-27(2,32)12-14-31/h3,5-6,8-10,17-19,32H,11-16H2,1-2H3. The Hall–Kier alpha value is -2.91. The number of aryl methyl sites for hydroxylation is 1. The zero-order valence-corrected chi connectivity index (χ0v) is 19.8. The molecular weight excluding hydrogens is 434 g/mol. The van der Waals surface area contributed by atoms with E-state index in [1.165, 1.54) is 0 Å². The van der Waals surface area contributed by atoms with E-state index >= 15 is 0 Å². The number of aliphatic hydroxyl groups is 1. The van der Waals surface area contributed by atoms with E-state index < -0.39 is 5.60 Å². The molecule has 33 heavy (non-hydrogen) atoms. The van der Waals surface area contributed by atoms with E-state index in [2.05, 4.69) is 26.7 Å². The first-order valence-electron chi connectivity index (χ1n) is 11.2. The summed E-state index contributed by atoms with van der Waals surface area (Å²) in [5, 5.41) is 10.7. The number of ether oxygens (including phenoxy) is 1. The van der Waals surface area contributed by atoms with E-state index in [0.29, 0.717) is 17.3 Å². The molecule has 3 aromatic rings. The highest BCUT2D eigenvalue weighted by Gasteiger charge is 2.26. The first-order valence-corrected chi connectivity index (χ1v) is 11.5. The number of nitrogens with zero attached hydrogens (tertiary/aromatic N) is 3. The lowest BCUT2D eigenvalue weighted by molar-refractivity contribution is -0.00768. The van der Waals surface area contributed by atoms with Crippen LogP contribution in [0.2, 0.25) is 5.02 Å². The first kappa shape index (κ1) is 23.3. The van der Waals surface area contributed by atoms with Crippen LogP contribution in [0.1, 0.15) is 36.6 Å². The van der Waals surface area contributed by atoms with Crippen LogP contribution in [0.4, 0.5) is 0 Å². The molecule has 0 radical (unpaired) electrons. The van der Waals surface area contributed by atoms with Crippen molar-refractivity contribution in [3.63, 3.8) is 0 Å². The van der Waals surface area contributed by atoms with Crippen molar-refractivity contribution >= 4 is 11.6 Å². The molecule has 0 unspecified atom stereocenters. The second kappa shape index (κ2) is 10.4. The second-order valence-corrected chi connectivity index (χ2v) is 9.14. The Morgan fingerprint density at radius 3 is 2.48 bits per heavy atom. The molecule has 6 heteroatoms. The minimum atomic E-state index is -0.517. The monoisotopic (exact) mass is 461 g/mol. The van der Waals surface area contributed by atoms with Gasteiger partial charge in [-0.05, 0) is 68.5 Å². The van der Waals surface area contributed by atoms with Gasteiger partial charge in [0.05, 0.1) is 28.7 Å². The topological polar surface area (TPSA) is 58.5 Å². The summed E-state index contributed by atoms with van der Waals surface area (Å²) >= 11 is 6.32. The summed E-state index contributed by atoms with van der Waals surface area (Å²) in [6.07, 6.45) is 4.98. The van der Waals surface area contributed by atoms with E-state index in [4.69, 9.17) is 16.3 Å². The quantitative estimate of drug-likeness (QED) is 0.556. The molecule has 0 aliphatic carbocycles. The molecule has 1 aliphatic heterocycles. The van der Waals surface area contributed by atoms with Gasteiger partial charge >= 0.3 is 0 Å². The third-order valence-corrected chi connectivity index (χ3v) is 6.16. The number of hydrogen-bond donors (Lipinski definition) is 1. The van der Waals surface area contributed by atoms with Crippen molar-refractivity contribution in [2.75, 3.05) is 26.2 Å². The van der Waals surface area contributed by atoms with Crippen LogP contribution in [0.5, 0.6) is 5.75 Å². The molecule has 1 aromatic heterocycles. The van der Waals surface area contributed by atoms with Gasteiger partial charge in [-0.25, -0.2) is 4.98 Å². The van der Waals surface area contributed by atoms with E-state index in [1.807, 2.05) is 56.3 Å². The Bertz CT molecular complexity index is 1140. The largest absolute Gasteiger partial charge is 0.492 e. The highest BCUT2D eigenvalue weighted by molar-refractivity contribution is 6.33. The van der Waals surface area contributed by atoms with Crippen LogP contribution in [-0.2, 0) is 0 Å². The van der Waals surface area contributed by atoms with E-state index in [0.717, 1.165) is 60.6 Å². The Morgan fingerprint density at radius 2 is 1.82 bits per heavy atom. The average molecular weight is 462 g/mol. The summed E-state index contributed by atoms with van der Waals surface area (Å²) in [5.41, 5.74) is 3.65. The van der Waals surface area contributed by atoms with Gasteiger partial charge < -0.3 is 9.84 Å². The van der Waals surface area contributed by atoms with Gasteiger partial charge in [0, 0.05) is 30.8 Å². The molecule has 5 nitrogen and oxygen atoms in total. The van der Waals surface area contributed by atoms with Crippen molar-refractivity contribution in [2.45, 2.75) is 32.3 Å². The van der Waals surface area contributed by atoms with Gasteiger partial charge in [-0.15, -0.1) is 0 Å². The lowest BCUT2D eigenvalue weighted by Gasteiger charge is -2.35. The molecule has 2 heterocycles. The number of benzene rings is 2. The predicted octanol–water partition coefficient (Wildman–Crippen LogP) is 4.73. The van der Waals surface area contributed by atoms with E-state index in [1.54, 1.807) is 12.4 Å². The summed E-state index contributed by atoms with van der Waals surface area (Å²) in [4.78, 5) is 11.2. The molecule has 0 atom stereocenters. The molecule has 2 aromatic carbocycles. The number of likely N-dealkylation sites (tertiary alicyclic amines) is 1. The molecule has 0 bridgehead atoms. The summed E-state index contributed by atoms with van der Waals surface area (Å²) in [5.74, 6) is 6.99. The van der Waals surface area contributed by atoms with Crippen molar-refractivity contribution in [1.82, 2.24) is 14.9 Å². The summed E-state index contributed by atoms with van der Waals surface area (Å²) in [7, 11) is 0. The van der Waals surface area contributed by atoms with Crippen molar-refractivity contribution in [3.05, 3.63) is 76.7 Å². The van der Waals surface area contributed by atoms with E-state index in [-0.39, 0.29) is 0 Å². The summed E-state index contributed by atoms with van der Waals surface area (Å²) in [6, 6.07) is 13.6. The van der Waals surface area contributed by atoms with Gasteiger partial charge in [-0.1, -0.05) is 29.7 Å². The smallest absolute Gasteiger partial charge is 0.131 e. The van der Waals surface area contributed by atoms with Crippen LogP contribution in [0.3, 0.4) is 0 Å². The third kappa shape index (κ3) is 6.55. The molecule has 170 valence electrons. The van der Waals surface area contributed by atoms with Crippen molar-refractivity contribution in [1.29, 1.82) is 0 Å². The highest BCUT2D eigenvalue weighted by Crippen LogP contribution is 2.26. The highest BCUT2D eigenvalue weighted by atomic mass is 35.5. The number of halogens is 1. The van der Waals surface area contributed by atoms with Gasteiger partial charge in [-0.3, -0.25) is 9.88 Å². The molecule has 1 saturated heterocycles. The maximum atomic E-state index is 10.0. The van der Waals surface area contributed by atoms with Crippen molar-refractivity contribution in [3.8, 4) is 28.8 Å². The number of piperidine rings is 1. The van der Waals surface area contributed by atoms with Gasteiger partial charge in [0.1, 0.15) is 18.1 Å². The number of aromatic nitrogens is 2. The second-order valence-electron chi connectivity index (χ2n) is 8.73. The Kier molecular flexibility index (Phi) is 7.29. The normalized spacial score (nSPS) is 15.5. The van der Waals surface area contributed by atoms with Crippen LogP contribution in [-0.4, -0.2) is 51.8 Å². The minimum Gasteiger partial charge on any atom is -0.492 e. The molecule has 0 amide bonds. The van der Waals surface area contributed by atoms with Gasteiger partial charge in [0.25, 0.3) is 0 Å². The Balaban J connectivity index is 1.29. The fraction of sp³-hybridized carbons (Fsp3) is 0.333. The van der Waals surface area contributed by atoms with Crippen LogP contribution < -0.4 is 4.74 Å². The van der Waals surface area contributed by atoms with Gasteiger partial charge in [0.2, 0.25) is 0 Å². The maximum Gasteiger partial charge on any atom is 0.131 e. The SMILES string of the molecule is Cc1ccc(-c2cnc(C#Cc3ccc(OCCN4CCC(C)(O)CC4)cc3)cn2)c(Cl)c1. The molecule has 4 rings (SSSR count). The Morgan fingerprint density at radius 1 is 1.06 bits per heavy atom. The fourth-order valence-electron chi connectivity index (χ4n) is 3.68. The molecule has 1 N–H and O–H groups in total. The van der Waals surface area contributed by atoms with Crippen LogP contribution in [0, 0.1) is 18.8 Å². The molecular formula is C27H28ClN3O2. The zero-order valence-electron chi connectivity index (χ0n) is 19.0. The van der Waals surface area contributed by atoms with Crippen LogP contribution in [0.25, 0.3) is 11.3 Å². The molecule has 0 spiro atoms. The van der Waals surface area contributed by atoms with Gasteiger partial charge in [-0.2, -0.15) is 0 Å². The molecule has 1 fully saturated rings. The van der Waals surface area contributed by atoms with Gasteiger partial charge in [0.15, 0.2) is 0 Å². The van der Waals surface area contributed by atoms with Crippen molar-refractivity contribution < 1.29 is 9.84 Å². The maximum absolute atomic E-state index is 10.0. The lowest BCUT2D eigenvalue weighted by Crippen LogP contribution is -2.43. The average Bonchev–Trinajstić information content (AvgIpc) is 2.80. The third-order valence-electron chi connectivity index (χ3n) is 5.85. The fourth-order valence-corrected chi connectivity index (χ4v) is 4.01. The molecule has 0 saturated carbocycles.